The smallest absolute Gasteiger partial charge is 0.124 e. The lowest BCUT2D eigenvalue weighted by Gasteiger charge is -2.22. The van der Waals surface area contributed by atoms with Gasteiger partial charge in [0.2, 0.25) is 0 Å². The summed E-state index contributed by atoms with van der Waals surface area (Å²) < 4.78 is 5.28. The van der Waals surface area contributed by atoms with Crippen LogP contribution in [-0.4, -0.2) is 18.8 Å². The van der Waals surface area contributed by atoms with Crippen LogP contribution >= 0.6 is 0 Å². The molecule has 1 unspecified atom stereocenters. The topological polar surface area (TPSA) is 78.2 Å². The zero-order valence-corrected chi connectivity index (χ0v) is 11.9. The van der Waals surface area contributed by atoms with E-state index in [9.17, 15) is 5.11 Å². The Bertz CT molecular complexity index is 474. The first kappa shape index (κ1) is 15.3. The van der Waals surface area contributed by atoms with Crippen molar-refractivity contribution in [2.24, 2.45) is 5.11 Å². The minimum Gasteiger partial charge on any atom is -0.496 e. The highest BCUT2D eigenvalue weighted by atomic mass is 16.5. The van der Waals surface area contributed by atoms with Crippen LogP contribution in [0.15, 0.2) is 23.3 Å². The van der Waals surface area contributed by atoms with Crippen molar-refractivity contribution in [2.45, 2.75) is 38.7 Å². The van der Waals surface area contributed by atoms with Crippen LogP contribution in [0.4, 0.5) is 0 Å². The normalized spacial score (nSPS) is 12.7. The number of benzene rings is 1. The Kier molecular flexibility index (Phi) is 5.21. The maximum atomic E-state index is 10.2. The number of ether oxygens (including phenoxy) is 1. The van der Waals surface area contributed by atoms with Crippen LogP contribution in [0.5, 0.6) is 5.75 Å². The molecular formula is C14H21N3O2. The molecule has 0 bridgehead atoms. The van der Waals surface area contributed by atoms with E-state index in [1.54, 1.807) is 7.11 Å². The molecule has 5 heteroatoms. The summed E-state index contributed by atoms with van der Waals surface area (Å²) in [6.45, 7) is 6.61. The molecule has 0 aliphatic rings. The van der Waals surface area contributed by atoms with Gasteiger partial charge in [0.25, 0.3) is 0 Å². The molecule has 0 heterocycles. The van der Waals surface area contributed by atoms with Crippen molar-refractivity contribution in [3.63, 3.8) is 0 Å². The first-order chi connectivity index (χ1) is 8.90. The van der Waals surface area contributed by atoms with E-state index in [1.807, 2.05) is 18.2 Å². The highest BCUT2D eigenvalue weighted by Crippen LogP contribution is 2.32. The molecular weight excluding hydrogens is 242 g/mol. The van der Waals surface area contributed by atoms with E-state index < -0.39 is 6.10 Å². The molecule has 5 nitrogen and oxygen atoms in total. The van der Waals surface area contributed by atoms with E-state index in [4.69, 9.17) is 10.3 Å². The van der Waals surface area contributed by atoms with E-state index in [-0.39, 0.29) is 12.0 Å². The molecule has 0 amide bonds. The monoisotopic (exact) mass is 263 g/mol. The lowest BCUT2D eigenvalue weighted by Crippen LogP contribution is -2.13. The number of azide groups is 1. The second kappa shape index (κ2) is 6.45. The quantitative estimate of drug-likeness (QED) is 0.499. The number of methoxy groups -OCH3 is 1. The number of nitrogens with zero attached hydrogens (tertiary/aromatic N) is 3. The first-order valence-electron chi connectivity index (χ1n) is 6.27. The number of aliphatic hydroxyl groups is 1. The molecule has 0 spiro atoms. The van der Waals surface area contributed by atoms with Crippen molar-refractivity contribution in [2.75, 3.05) is 13.7 Å². The third-order valence-electron chi connectivity index (χ3n) is 3.02. The molecule has 1 aromatic carbocycles. The molecule has 1 N–H and O–H groups in total. The van der Waals surface area contributed by atoms with Crippen LogP contribution in [0, 0.1) is 0 Å². The summed E-state index contributed by atoms with van der Waals surface area (Å²) in [7, 11) is 1.58. The Morgan fingerprint density at radius 2 is 2.11 bits per heavy atom. The minimum absolute atomic E-state index is 0.00550. The molecule has 104 valence electrons. The van der Waals surface area contributed by atoms with Crippen LogP contribution < -0.4 is 4.74 Å². The van der Waals surface area contributed by atoms with Gasteiger partial charge in [-0.3, -0.25) is 0 Å². The Labute approximate surface area is 113 Å². The van der Waals surface area contributed by atoms with Gasteiger partial charge in [-0.15, -0.1) is 0 Å². The number of aliphatic hydroxyl groups excluding tert-OH is 1. The van der Waals surface area contributed by atoms with Crippen molar-refractivity contribution in [3.8, 4) is 5.75 Å². The van der Waals surface area contributed by atoms with Gasteiger partial charge in [-0.1, -0.05) is 32.0 Å². The SMILES string of the molecule is COc1ccc(C(C)(C)C)cc1C(O)CCN=[N+]=[N-]. The predicted molar refractivity (Wildman–Crippen MR) is 75.3 cm³/mol. The van der Waals surface area contributed by atoms with E-state index in [0.717, 1.165) is 11.1 Å². The first-order valence-corrected chi connectivity index (χ1v) is 6.27. The maximum Gasteiger partial charge on any atom is 0.124 e. The van der Waals surface area contributed by atoms with Crippen molar-refractivity contribution in [1.29, 1.82) is 0 Å². The van der Waals surface area contributed by atoms with Crippen molar-refractivity contribution >= 4 is 0 Å². The molecule has 0 saturated carbocycles. The van der Waals surface area contributed by atoms with Gasteiger partial charge in [0.1, 0.15) is 5.75 Å². The van der Waals surface area contributed by atoms with E-state index in [1.165, 1.54) is 0 Å². The Balaban J connectivity index is 3.04. The Morgan fingerprint density at radius 1 is 1.42 bits per heavy atom. The van der Waals surface area contributed by atoms with Crippen LogP contribution in [-0.2, 0) is 5.41 Å². The summed E-state index contributed by atoms with van der Waals surface area (Å²) in [4.78, 5) is 2.68. The lowest BCUT2D eigenvalue weighted by atomic mass is 9.85. The molecule has 1 aromatic rings. The highest BCUT2D eigenvalue weighted by Gasteiger charge is 2.19. The van der Waals surface area contributed by atoms with Crippen LogP contribution in [0.3, 0.4) is 0 Å². The second-order valence-corrected chi connectivity index (χ2v) is 5.47. The van der Waals surface area contributed by atoms with Crippen molar-refractivity contribution < 1.29 is 9.84 Å². The van der Waals surface area contributed by atoms with Gasteiger partial charge in [-0.05, 0) is 35.1 Å². The van der Waals surface area contributed by atoms with Crippen molar-refractivity contribution in [3.05, 3.63) is 39.8 Å². The zero-order valence-electron chi connectivity index (χ0n) is 11.9. The minimum atomic E-state index is -0.692. The molecule has 0 aliphatic carbocycles. The molecule has 0 radical (unpaired) electrons. The summed E-state index contributed by atoms with van der Waals surface area (Å²) in [5, 5.41) is 13.6. The third kappa shape index (κ3) is 4.16. The fourth-order valence-electron chi connectivity index (χ4n) is 1.84. The number of rotatable bonds is 5. The second-order valence-electron chi connectivity index (χ2n) is 5.47. The average Bonchev–Trinajstić information content (AvgIpc) is 2.37. The maximum absolute atomic E-state index is 10.2. The Morgan fingerprint density at radius 3 is 2.63 bits per heavy atom. The fourth-order valence-corrected chi connectivity index (χ4v) is 1.84. The van der Waals surface area contributed by atoms with Crippen LogP contribution in [0.1, 0.15) is 44.4 Å². The zero-order chi connectivity index (χ0) is 14.5. The molecule has 0 aliphatic heterocycles. The van der Waals surface area contributed by atoms with Gasteiger partial charge in [0.05, 0.1) is 13.2 Å². The summed E-state index contributed by atoms with van der Waals surface area (Å²) in [6.07, 6.45) is -0.309. The molecule has 19 heavy (non-hydrogen) atoms. The predicted octanol–water partition coefficient (Wildman–Crippen LogP) is 3.73. The van der Waals surface area contributed by atoms with Crippen molar-refractivity contribution in [1.82, 2.24) is 0 Å². The standard InChI is InChI=1S/C14H21N3O2/c1-14(2,3)10-5-6-13(19-4)11(9-10)12(18)7-8-16-17-15/h5-6,9,12,18H,7-8H2,1-4H3. The molecule has 1 atom stereocenters. The van der Waals surface area contributed by atoms with Crippen LogP contribution in [0.25, 0.3) is 10.4 Å². The van der Waals surface area contributed by atoms with Crippen LogP contribution in [0.2, 0.25) is 0 Å². The molecule has 0 saturated heterocycles. The summed E-state index contributed by atoms with van der Waals surface area (Å²) in [6, 6.07) is 5.83. The lowest BCUT2D eigenvalue weighted by molar-refractivity contribution is 0.166. The van der Waals surface area contributed by atoms with Gasteiger partial charge < -0.3 is 9.84 Å². The summed E-state index contributed by atoms with van der Waals surface area (Å²) in [5.41, 5.74) is 10.1. The van der Waals surface area contributed by atoms with Gasteiger partial charge in [0, 0.05) is 17.0 Å². The fraction of sp³-hybridized carbons (Fsp3) is 0.571. The number of hydrogen-bond acceptors (Lipinski definition) is 3. The molecule has 1 rings (SSSR count). The average molecular weight is 263 g/mol. The van der Waals surface area contributed by atoms with Gasteiger partial charge in [-0.25, -0.2) is 0 Å². The largest absolute Gasteiger partial charge is 0.496 e. The van der Waals surface area contributed by atoms with E-state index in [0.29, 0.717) is 12.2 Å². The Hall–Kier alpha value is -1.71. The van der Waals surface area contributed by atoms with E-state index in [2.05, 4.69) is 30.8 Å². The summed E-state index contributed by atoms with van der Waals surface area (Å²) >= 11 is 0. The third-order valence-corrected chi connectivity index (χ3v) is 3.02. The highest BCUT2D eigenvalue weighted by molar-refractivity contribution is 5.41. The van der Waals surface area contributed by atoms with Gasteiger partial charge >= 0.3 is 0 Å². The van der Waals surface area contributed by atoms with E-state index >= 15 is 0 Å². The molecule has 0 aromatic heterocycles. The van der Waals surface area contributed by atoms with Gasteiger partial charge in [0.15, 0.2) is 0 Å². The van der Waals surface area contributed by atoms with Gasteiger partial charge in [-0.2, -0.15) is 0 Å². The molecule has 0 fully saturated rings. The summed E-state index contributed by atoms with van der Waals surface area (Å²) in [5.74, 6) is 0.654. The number of hydrogen-bond donors (Lipinski definition) is 1.